The van der Waals surface area contributed by atoms with E-state index in [1.807, 2.05) is 77.7 Å². The number of esters is 1. The lowest BCUT2D eigenvalue weighted by molar-refractivity contribution is 0.0514. The van der Waals surface area contributed by atoms with Gasteiger partial charge in [0.2, 0.25) is 0 Å². The van der Waals surface area contributed by atoms with Crippen molar-refractivity contribution in [1.82, 2.24) is 24.8 Å². The molecule has 50 heavy (non-hydrogen) atoms. The number of carbonyl (C=O) groups is 1. The number of rotatable bonds is 11. The van der Waals surface area contributed by atoms with E-state index in [0.29, 0.717) is 24.7 Å². The van der Waals surface area contributed by atoms with Crippen LogP contribution in [-0.4, -0.2) is 37.4 Å². The van der Waals surface area contributed by atoms with E-state index in [4.69, 9.17) is 15.0 Å². The molecule has 0 saturated carbocycles. The van der Waals surface area contributed by atoms with Crippen molar-refractivity contribution in [2.24, 2.45) is 0 Å². The van der Waals surface area contributed by atoms with Crippen LogP contribution in [0.15, 0.2) is 158 Å². The van der Waals surface area contributed by atoms with Crippen LogP contribution in [0.2, 0.25) is 0 Å². The van der Waals surface area contributed by atoms with E-state index in [0.717, 1.165) is 44.6 Å². The molecule has 0 atom stereocenters. The molecule has 0 saturated heterocycles. The van der Waals surface area contributed by atoms with Gasteiger partial charge in [-0.1, -0.05) is 146 Å². The van der Waals surface area contributed by atoms with Crippen LogP contribution >= 0.6 is 0 Å². The molecular weight excluding hydrogens is 619 g/mol. The first-order valence-corrected chi connectivity index (χ1v) is 16.8. The molecule has 0 aliphatic heterocycles. The SMILES string of the molecule is C/C=C\c1ccc(C(=O)OCC)n1Cc1ccc(-c2ccccc2-c2nnnn2C(c2ccccc2)(c2ccccc2)c2ccccc2)cc1. The highest BCUT2D eigenvalue weighted by molar-refractivity contribution is 5.88. The second-order valence-corrected chi connectivity index (χ2v) is 11.9. The van der Waals surface area contributed by atoms with Gasteiger partial charge in [-0.15, -0.1) is 5.10 Å². The van der Waals surface area contributed by atoms with Crippen molar-refractivity contribution >= 4 is 12.0 Å². The van der Waals surface area contributed by atoms with Gasteiger partial charge in [-0.05, 0) is 75.9 Å². The molecule has 0 unspecified atom stereocenters. The summed E-state index contributed by atoms with van der Waals surface area (Å²) in [5.41, 5.74) is 7.71. The number of hydrogen-bond acceptors (Lipinski definition) is 5. The van der Waals surface area contributed by atoms with E-state index >= 15 is 0 Å². The molecule has 7 aromatic rings. The Labute approximate surface area is 292 Å². The monoisotopic (exact) mass is 655 g/mol. The van der Waals surface area contributed by atoms with Crippen LogP contribution < -0.4 is 0 Å². The summed E-state index contributed by atoms with van der Waals surface area (Å²) in [7, 11) is 0. The largest absolute Gasteiger partial charge is 0.461 e. The molecule has 0 spiro atoms. The van der Waals surface area contributed by atoms with Crippen molar-refractivity contribution in [1.29, 1.82) is 0 Å². The fourth-order valence-electron chi connectivity index (χ4n) is 6.75. The second-order valence-electron chi connectivity index (χ2n) is 11.9. The van der Waals surface area contributed by atoms with Crippen molar-refractivity contribution < 1.29 is 9.53 Å². The number of hydrogen-bond donors (Lipinski definition) is 0. The molecule has 0 amide bonds. The normalized spacial score (nSPS) is 11.6. The van der Waals surface area contributed by atoms with Gasteiger partial charge in [0.05, 0.1) is 6.61 Å². The molecule has 0 radical (unpaired) electrons. The Kier molecular flexibility index (Phi) is 9.29. The van der Waals surface area contributed by atoms with E-state index < -0.39 is 5.54 Å². The topological polar surface area (TPSA) is 74.8 Å². The lowest BCUT2D eigenvalue weighted by Crippen LogP contribution is -2.39. The van der Waals surface area contributed by atoms with E-state index in [9.17, 15) is 4.79 Å². The van der Waals surface area contributed by atoms with Gasteiger partial charge >= 0.3 is 5.97 Å². The minimum Gasteiger partial charge on any atom is -0.461 e. The fraction of sp³-hybridized carbons (Fsp3) is 0.116. The third-order valence-electron chi connectivity index (χ3n) is 8.97. The maximum atomic E-state index is 12.7. The van der Waals surface area contributed by atoms with Crippen LogP contribution in [0.3, 0.4) is 0 Å². The van der Waals surface area contributed by atoms with Gasteiger partial charge in [-0.2, -0.15) is 0 Å². The first-order chi connectivity index (χ1) is 24.6. The Balaban J connectivity index is 1.33. The Morgan fingerprint density at radius 2 is 1.26 bits per heavy atom. The number of ether oxygens (including phenoxy) is 1. The number of aromatic nitrogens is 5. The van der Waals surface area contributed by atoms with Gasteiger partial charge < -0.3 is 9.30 Å². The van der Waals surface area contributed by atoms with Crippen LogP contribution in [0.25, 0.3) is 28.6 Å². The van der Waals surface area contributed by atoms with Gasteiger partial charge in [0.25, 0.3) is 0 Å². The highest BCUT2D eigenvalue weighted by Crippen LogP contribution is 2.43. The molecule has 0 aliphatic rings. The van der Waals surface area contributed by atoms with Gasteiger partial charge in [-0.25, -0.2) is 9.48 Å². The van der Waals surface area contributed by atoms with Crippen molar-refractivity contribution in [2.75, 3.05) is 6.61 Å². The standard InChI is InChI=1S/C43H37N5O2/c1-3-16-37-29-30-40(42(49)50-4-2)47(37)31-32-25-27-33(28-26-32)38-23-14-15-24-39(38)41-44-45-46-48(41)43(34-17-8-5-9-18-34,35-19-10-6-11-20-35)36-21-12-7-13-22-36/h3,5-30H,4,31H2,1-2H3/b16-3-. The smallest absolute Gasteiger partial charge is 0.354 e. The van der Waals surface area contributed by atoms with E-state index in [1.54, 1.807) is 0 Å². The van der Waals surface area contributed by atoms with Crippen LogP contribution in [0.1, 0.15) is 52.3 Å². The molecule has 7 rings (SSSR count). The Hall–Kier alpha value is -6.34. The molecule has 0 aliphatic carbocycles. The molecule has 0 N–H and O–H groups in total. The second kappa shape index (κ2) is 14.4. The highest BCUT2D eigenvalue weighted by Gasteiger charge is 2.42. The van der Waals surface area contributed by atoms with Gasteiger partial charge in [0.1, 0.15) is 11.2 Å². The minimum atomic E-state index is -0.863. The van der Waals surface area contributed by atoms with Crippen LogP contribution in [-0.2, 0) is 16.8 Å². The van der Waals surface area contributed by atoms with Crippen LogP contribution in [0, 0.1) is 0 Å². The van der Waals surface area contributed by atoms with Crippen molar-refractivity contribution in [3.63, 3.8) is 0 Å². The Morgan fingerprint density at radius 1 is 0.700 bits per heavy atom. The third-order valence-corrected chi connectivity index (χ3v) is 8.97. The predicted molar refractivity (Wildman–Crippen MR) is 197 cm³/mol. The maximum Gasteiger partial charge on any atom is 0.354 e. The molecule has 0 fully saturated rings. The van der Waals surface area contributed by atoms with Crippen molar-refractivity contribution in [3.05, 3.63) is 191 Å². The quantitative estimate of drug-likeness (QED) is 0.103. The van der Waals surface area contributed by atoms with Gasteiger partial charge in [0.15, 0.2) is 5.82 Å². The zero-order valence-electron chi connectivity index (χ0n) is 28.1. The van der Waals surface area contributed by atoms with E-state index in [2.05, 4.69) is 114 Å². The predicted octanol–water partition coefficient (Wildman–Crippen LogP) is 8.91. The molecule has 246 valence electrons. The van der Waals surface area contributed by atoms with Crippen LogP contribution in [0.4, 0.5) is 0 Å². The van der Waals surface area contributed by atoms with Crippen molar-refractivity contribution in [3.8, 4) is 22.5 Å². The average Bonchev–Trinajstić information content (AvgIpc) is 3.82. The lowest BCUT2D eigenvalue weighted by Gasteiger charge is -2.36. The fourth-order valence-corrected chi connectivity index (χ4v) is 6.75. The summed E-state index contributed by atoms with van der Waals surface area (Å²) in [6.45, 7) is 4.63. The Bertz CT molecular complexity index is 2120. The Morgan fingerprint density at radius 3 is 1.82 bits per heavy atom. The maximum absolute atomic E-state index is 12.7. The van der Waals surface area contributed by atoms with Crippen LogP contribution in [0.5, 0.6) is 0 Å². The summed E-state index contributed by atoms with van der Waals surface area (Å²) in [5.74, 6) is 0.313. The first kappa shape index (κ1) is 32.2. The first-order valence-electron chi connectivity index (χ1n) is 16.8. The van der Waals surface area contributed by atoms with E-state index in [1.165, 1.54) is 0 Å². The zero-order chi connectivity index (χ0) is 34.3. The average molecular weight is 656 g/mol. The molecule has 2 heterocycles. The van der Waals surface area contributed by atoms with Crippen molar-refractivity contribution in [2.45, 2.75) is 25.9 Å². The summed E-state index contributed by atoms with van der Waals surface area (Å²) in [5, 5.41) is 13.8. The molecule has 0 bridgehead atoms. The summed E-state index contributed by atoms with van der Waals surface area (Å²) in [4.78, 5) is 12.7. The number of nitrogens with zero attached hydrogens (tertiary/aromatic N) is 5. The summed E-state index contributed by atoms with van der Waals surface area (Å²) in [6.07, 6.45) is 3.97. The van der Waals surface area contributed by atoms with Gasteiger partial charge in [-0.3, -0.25) is 0 Å². The molecule has 7 heteroatoms. The highest BCUT2D eigenvalue weighted by atomic mass is 16.5. The summed E-state index contributed by atoms with van der Waals surface area (Å²) >= 11 is 0. The summed E-state index contributed by atoms with van der Waals surface area (Å²) in [6, 6.07) is 51.7. The lowest BCUT2D eigenvalue weighted by atomic mass is 9.77. The number of allylic oxidation sites excluding steroid dienone is 1. The number of carbonyl (C=O) groups excluding carboxylic acids is 1. The minimum absolute atomic E-state index is 0.323. The third kappa shape index (κ3) is 5.94. The molecular formula is C43H37N5O2. The zero-order valence-corrected chi connectivity index (χ0v) is 28.1. The molecule has 2 aromatic heterocycles. The van der Waals surface area contributed by atoms with Gasteiger partial charge in [0, 0.05) is 17.8 Å². The molecule has 5 aromatic carbocycles. The number of benzene rings is 5. The summed E-state index contributed by atoms with van der Waals surface area (Å²) < 4.78 is 9.30. The molecule has 7 nitrogen and oxygen atoms in total. The van der Waals surface area contributed by atoms with E-state index in [-0.39, 0.29) is 5.97 Å². The number of tetrazole rings is 1.